The molecular weight excluding hydrogens is 222 g/mol. The quantitative estimate of drug-likeness (QED) is 0.848. The smallest absolute Gasteiger partial charge is 0.224 e. The van der Waals surface area contributed by atoms with Crippen molar-refractivity contribution in [2.24, 2.45) is 5.41 Å². The number of anilines is 1. The van der Waals surface area contributed by atoms with Crippen molar-refractivity contribution >= 4 is 11.6 Å². The van der Waals surface area contributed by atoms with Crippen LogP contribution in [0.4, 0.5) is 5.69 Å². The molecule has 0 aliphatic carbocycles. The third-order valence-corrected chi connectivity index (χ3v) is 3.95. The maximum atomic E-state index is 12.1. The summed E-state index contributed by atoms with van der Waals surface area (Å²) in [5.74, 6) is 0.182. The summed E-state index contributed by atoms with van der Waals surface area (Å²) in [6.45, 7) is 4.43. The lowest BCUT2D eigenvalue weighted by Gasteiger charge is -2.31. The van der Waals surface area contributed by atoms with Crippen LogP contribution in [0.15, 0.2) is 24.3 Å². The van der Waals surface area contributed by atoms with Gasteiger partial charge in [-0.05, 0) is 36.3 Å². The molecule has 1 aliphatic rings. The molecule has 0 saturated carbocycles. The van der Waals surface area contributed by atoms with Crippen LogP contribution < -0.4 is 5.32 Å². The summed E-state index contributed by atoms with van der Waals surface area (Å²) >= 11 is 0. The van der Waals surface area contributed by atoms with Crippen molar-refractivity contribution in [3.63, 3.8) is 0 Å². The van der Waals surface area contributed by atoms with Gasteiger partial charge in [0.1, 0.15) is 0 Å². The van der Waals surface area contributed by atoms with E-state index in [1.165, 1.54) is 5.56 Å². The largest absolute Gasteiger partial charge is 0.326 e. The standard InChI is InChI=1S/C16H23NO/c1-3-9-16(10-4-2)11-13-7-5-6-8-14(13)17-15(18)12-16/h5-8H,3-4,9-12H2,1-2H3,(H,17,18). The Balaban J connectivity index is 2.35. The van der Waals surface area contributed by atoms with Gasteiger partial charge in [-0.25, -0.2) is 0 Å². The first-order valence-corrected chi connectivity index (χ1v) is 7.07. The van der Waals surface area contributed by atoms with Crippen LogP contribution >= 0.6 is 0 Å². The number of hydrogen-bond acceptors (Lipinski definition) is 1. The van der Waals surface area contributed by atoms with Crippen molar-refractivity contribution in [1.29, 1.82) is 0 Å². The van der Waals surface area contributed by atoms with Gasteiger partial charge in [0.2, 0.25) is 5.91 Å². The summed E-state index contributed by atoms with van der Waals surface area (Å²) < 4.78 is 0. The number of nitrogens with one attached hydrogen (secondary N) is 1. The van der Waals surface area contributed by atoms with Crippen LogP contribution in [0.2, 0.25) is 0 Å². The average molecular weight is 245 g/mol. The van der Waals surface area contributed by atoms with Gasteiger partial charge in [0.05, 0.1) is 0 Å². The molecule has 0 aromatic heterocycles. The molecule has 1 aliphatic heterocycles. The van der Waals surface area contributed by atoms with Crippen LogP contribution in [-0.4, -0.2) is 5.91 Å². The molecule has 1 heterocycles. The predicted octanol–water partition coefficient (Wildman–Crippen LogP) is 4.16. The molecule has 98 valence electrons. The van der Waals surface area contributed by atoms with Gasteiger partial charge in [-0.2, -0.15) is 0 Å². The molecule has 2 heteroatoms. The minimum Gasteiger partial charge on any atom is -0.326 e. The maximum Gasteiger partial charge on any atom is 0.224 e. The van der Waals surface area contributed by atoms with E-state index < -0.39 is 0 Å². The van der Waals surface area contributed by atoms with E-state index in [1.807, 2.05) is 12.1 Å². The Labute approximate surface area is 110 Å². The van der Waals surface area contributed by atoms with Gasteiger partial charge in [-0.1, -0.05) is 44.9 Å². The lowest BCUT2D eigenvalue weighted by atomic mass is 9.72. The van der Waals surface area contributed by atoms with Gasteiger partial charge in [-0.3, -0.25) is 4.79 Å². The summed E-state index contributed by atoms with van der Waals surface area (Å²) in [7, 11) is 0. The van der Waals surface area contributed by atoms with Gasteiger partial charge < -0.3 is 5.32 Å². The van der Waals surface area contributed by atoms with Gasteiger partial charge in [-0.15, -0.1) is 0 Å². The fraction of sp³-hybridized carbons (Fsp3) is 0.562. The minimum absolute atomic E-state index is 0.167. The van der Waals surface area contributed by atoms with E-state index in [9.17, 15) is 4.79 Å². The molecule has 2 rings (SSSR count). The lowest BCUT2D eigenvalue weighted by Crippen LogP contribution is -2.27. The number of benzene rings is 1. The van der Waals surface area contributed by atoms with Crippen molar-refractivity contribution in [3.05, 3.63) is 29.8 Å². The van der Waals surface area contributed by atoms with Crippen LogP contribution in [0.25, 0.3) is 0 Å². The topological polar surface area (TPSA) is 29.1 Å². The molecule has 0 spiro atoms. The molecule has 18 heavy (non-hydrogen) atoms. The first kappa shape index (κ1) is 13.1. The molecule has 1 aromatic rings. The van der Waals surface area contributed by atoms with E-state index in [1.54, 1.807) is 0 Å². The molecule has 0 radical (unpaired) electrons. The summed E-state index contributed by atoms with van der Waals surface area (Å²) in [6.07, 6.45) is 6.28. The number of rotatable bonds is 4. The summed E-state index contributed by atoms with van der Waals surface area (Å²) in [5.41, 5.74) is 2.47. The van der Waals surface area contributed by atoms with Crippen molar-refractivity contribution in [3.8, 4) is 0 Å². The van der Waals surface area contributed by atoms with Crippen LogP contribution in [0.5, 0.6) is 0 Å². The number of para-hydroxylation sites is 1. The number of carbonyl (C=O) groups is 1. The molecule has 2 nitrogen and oxygen atoms in total. The average Bonchev–Trinajstić information content (AvgIpc) is 2.45. The Hall–Kier alpha value is -1.31. The highest BCUT2D eigenvalue weighted by Crippen LogP contribution is 2.41. The highest BCUT2D eigenvalue weighted by molar-refractivity contribution is 5.92. The van der Waals surface area contributed by atoms with Crippen molar-refractivity contribution in [2.45, 2.75) is 52.4 Å². The molecule has 0 fully saturated rings. The van der Waals surface area contributed by atoms with E-state index in [2.05, 4.69) is 31.3 Å². The second-order valence-corrected chi connectivity index (χ2v) is 5.56. The number of amides is 1. The second kappa shape index (κ2) is 5.55. The zero-order valence-corrected chi connectivity index (χ0v) is 11.5. The summed E-state index contributed by atoms with van der Waals surface area (Å²) in [4.78, 5) is 12.1. The van der Waals surface area contributed by atoms with Gasteiger partial charge in [0.25, 0.3) is 0 Å². The molecule has 1 aromatic carbocycles. The fourth-order valence-electron chi connectivity index (χ4n) is 3.34. The van der Waals surface area contributed by atoms with Gasteiger partial charge in [0, 0.05) is 12.1 Å². The molecule has 1 amide bonds. The third-order valence-electron chi connectivity index (χ3n) is 3.95. The van der Waals surface area contributed by atoms with Gasteiger partial charge in [0.15, 0.2) is 0 Å². The number of fused-ring (bicyclic) bond motifs is 1. The van der Waals surface area contributed by atoms with E-state index in [4.69, 9.17) is 0 Å². The molecule has 0 saturated heterocycles. The Bertz CT molecular complexity index is 419. The molecule has 0 unspecified atom stereocenters. The zero-order valence-electron chi connectivity index (χ0n) is 11.5. The Morgan fingerprint density at radius 2 is 1.78 bits per heavy atom. The van der Waals surface area contributed by atoms with Crippen molar-refractivity contribution in [2.75, 3.05) is 5.32 Å². The SMILES string of the molecule is CCCC1(CCC)CC(=O)Nc2ccccc2C1. The summed E-state index contributed by atoms with van der Waals surface area (Å²) in [6, 6.07) is 8.23. The number of carbonyl (C=O) groups excluding carboxylic acids is 1. The van der Waals surface area contributed by atoms with E-state index in [-0.39, 0.29) is 11.3 Å². The molecule has 1 N–H and O–H groups in total. The summed E-state index contributed by atoms with van der Waals surface area (Å²) in [5, 5.41) is 3.06. The van der Waals surface area contributed by atoms with Gasteiger partial charge >= 0.3 is 0 Å². The molecule has 0 atom stereocenters. The lowest BCUT2D eigenvalue weighted by molar-refractivity contribution is -0.118. The minimum atomic E-state index is 0.167. The second-order valence-electron chi connectivity index (χ2n) is 5.56. The highest BCUT2D eigenvalue weighted by atomic mass is 16.1. The first-order chi connectivity index (χ1) is 8.69. The van der Waals surface area contributed by atoms with Crippen molar-refractivity contribution in [1.82, 2.24) is 0 Å². The fourth-order valence-corrected chi connectivity index (χ4v) is 3.34. The van der Waals surface area contributed by atoms with Crippen LogP contribution in [0.3, 0.4) is 0 Å². The van der Waals surface area contributed by atoms with E-state index in [0.29, 0.717) is 6.42 Å². The highest BCUT2D eigenvalue weighted by Gasteiger charge is 2.34. The van der Waals surface area contributed by atoms with E-state index in [0.717, 1.165) is 37.8 Å². The molecular formula is C16H23NO. The molecule has 0 bridgehead atoms. The first-order valence-electron chi connectivity index (χ1n) is 7.07. The van der Waals surface area contributed by atoms with Crippen LogP contribution in [0, 0.1) is 5.41 Å². The van der Waals surface area contributed by atoms with Crippen LogP contribution in [0.1, 0.15) is 51.5 Å². The monoisotopic (exact) mass is 245 g/mol. The number of hydrogen-bond donors (Lipinski definition) is 1. The normalized spacial score (nSPS) is 17.8. The predicted molar refractivity (Wildman–Crippen MR) is 75.6 cm³/mol. The third kappa shape index (κ3) is 2.74. The Kier molecular flexibility index (Phi) is 4.05. The van der Waals surface area contributed by atoms with E-state index >= 15 is 0 Å². The van der Waals surface area contributed by atoms with Crippen LogP contribution in [-0.2, 0) is 11.2 Å². The Morgan fingerprint density at radius 3 is 2.44 bits per heavy atom. The van der Waals surface area contributed by atoms with Crippen molar-refractivity contribution < 1.29 is 4.79 Å². The zero-order chi connectivity index (χ0) is 13.0. The Morgan fingerprint density at radius 1 is 1.11 bits per heavy atom. The maximum absolute atomic E-state index is 12.1.